The van der Waals surface area contributed by atoms with Gasteiger partial charge in [-0.25, -0.2) is 0 Å². The molecule has 0 saturated heterocycles. The third kappa shape index (κ3) is 2.78. The average Bonchev–Trinajstić information content (AvgIpc) is 2.18. The summed E-state index contributed by atoms with van der Waals surface area (Å²) in [5, 5.41) is 0.668. The lowest BCUT2D eigenvalue weighted by Gasteiger charge is -2.08. The summed E-state index contributed by atoms with van der Waals surface area (Å²) >= 11 is 6.01. The van der Waals surface area contributed by atoms with Gasteiger partial charge in [0.2, 0.25) is 0 Å². The molecule has 1 aromatic rings. The molecule has 0 heterocycles. The second kappa shape index (κ2) is 5.06. The van der Waals surface area contributed by atoms with E-state index >= 15 is 0 Å². The van der Waals surface area contributed by atoms with Crippen molar-refractivity contribution in [1.82, 2.24) is 0 Å². The molecule has 0 aromatic heterocycles. The Morgan fingerprint density at radius 2 is 2.29 bits per heavy atom. The largest absolute Gasteiger partial charge is 0.495 e. The molecule has 0 N–H and O–H groups in total. The number of allylic oxidation sites excluding steroid dienone is 1. The van der Waals surface area contributed by atoms with Crippen molar-refractivity contribution in [3.8, 4) is 5.75 Å². The molecule has 0 aliphatic rings. The van der Waals surface area contributed by atoms with Gasteiger partial charge in [0.1, 0.15) is 5.75 Å². The van der Waals surface area contributed by atoms with E-state index in [-0.39, 0.29) is 0 Å². The topological polar surface area (TPSA) is 9.23 Å². The Balaban J connectivity index is 2.80. The van der Waals surface area contributed by atoms with Crippen LogP contribution < -0.4 is 4.74 Å². The van der Waals surface area contributed by atoms with E-state index in [2.05, 4.69) is 13.5 Å². The van der Waals surface area contributed by atoms with Gasteiger partial charge in [0, 0.05) is 0 Å². The van der Waals surface area contributed by atoms with Gasteiger partial charge in [-0.2, -0.15) is 0 Å². The van der Waals surface area contributed by atoms with E-state index in [9.17, 15) is 0 Å². The summed E-state index contributed by atoms with van der Waals surface area (Å²) < 4.78 is 5.08. The normalized spacial score (nSPS) is 12.2. The lowest BCUT2D eigenvalue weighted by Crippen LogP contribution is -1.95. The van der Waals surface area contributed by atoms with Crippen molar-refractivity contribution in [2.75, 3.05) is 7.11 Å². The minimum absolute atomic E-state index is 0.472. The molecule has 0 spiro atoms. The Morgan fingerprint density at radius 3 is 2.79 bits per heavy atom. The van der Waals surface area contributed by atoms with Crippen LogP contribution >= 0.6 is 11.6 Å². The van der Waals surface area contributed by atoms with Crippen molar-refractivity contribution in [2.24, 2.45) is 5.92 Å². The molecule has 76 valence electrons. The smallest absolute Gasteiger partial charge is 0.137 e. The average molecular weight is 211 g/mol. The molecule has 0 bridgehead atoms. The summed E-state index contributed by atoms with van der Waals surface area (Å²) in [6.45, 7) is 5.89. The predicted molar refractivity (Wildman–Crippen MR) is 61.1 cm³/mol. The molecule has 0 radical (unpaired) electrons. The molecule has 2 heteroatoms. The van der Waals surface area contributed by atoms with Crippen LogP contribution in [0.25, 0.3) is 0 Å². The molecule has 0 aliphatic heterocycles. The lowest BCUT2D eigenvalue weighted by atomic mass is 10.0. The standard InChI is InChI=1S/C12H15ClO/c1-4-9(2)7-10-5-6-12(14-3)11(13)8-10/h4-6,8-9H,1,7H2,2-3H3. The molecule has 0 amide bonds. The Morgan fingerprint density at radius 1 is 1.57 bits per heavy atom. The zero-order valence-corrected chi connectivity index (χ0v) is 9.34. The second-order valence-electron chi connectivity index (χ2n) is 3.39. The molecule has 0 aliphatic carbocycles. The number of rotatable bonds is 4. The molecule has 1 unspecified atom stereocenters. The van der Waals surface area contributed by atoms with Crippen LogP contribution in [0.1, 0.15) is 12.5 Å². The van der Waals surface area contributed by atoms with Crippen LogP contribution in [0.5, 0.6) is 5.75 Å². The molecular weight excluding hydrogens is 196 g/mol. The lowest BCUT2D eigenvalue weighted by molar-refractivity contribution is 0.415. The van der Waals surface area contributed by atoms with Crippen molar-refractivity contribution in [1.29, 1.82) is 0 Å². The predicted octanol–water partition coefficient (Wildman–Crippen LogP) is 3.71. The van der Waals surface area contributed by atoms with E-state index in [0.29, 0.717) is 10.9 Å². The Hall–Kier alpha value is -0.950. The second-order valence-corrected chi connectivity index (χ2v) is 3.79. The van der Waals surface area contributed by atoms with Crippen LogP contribution in [0.4, 0.5) is 0 Å². The fourth-order valence-corrected chi connectivity index (χ4v) is 1.57. The molecular formula is C12H15ClO. The summed E-state index contributed by atoms with van der Waals surface area (Å²) in [5.74, 6) is 1.20. The fraction of sp³-hybridized carbons (Fsp3) is 0.333. The SMILES string of the molecule is C=CC(C)Cc1ccc(OC)c(Cl)c1. The van der Waals surface area contributed by atoms with Gasteiger partial charge < -0.3 is 4.74 Å². The minimum Gasteiger partial charge on any atom is -0.495 e. The molecule has 1 aromatic carbocycles. The van der Waals surface area contributed by atoms with Crippen molar-refractivity contribution in [3.63, 3.8) is 0 Å². The zero-order valence-electron chi connectivity index (χ0n) is 8.59. The van der Waals surface area contributed by atoms with Gasteiger partial charge in [-0.15, -0.1) is 6.58 Å². The van der Waals surface area contributed by atoms with Crippen molar-refractivity contribution < 1.29 is 4.74 Å². The quantitative estimate of drug-likeness (QED) is 0.689. The molecule has 0 saturated carbocycles. The van der Waals surface area contributed by atoms with Crippen LogP contribution in [0.3, 0.4) is 0 Å². The monoisotopic (exact) mass is 210 g/mol. The number of halogens is 1. The number of hydrogen-bond donors (Lipinski definition) is 0. The van der Waals surface area contributed by atoms with Gasteiger partial charge >= 0.3 is 0 Å². The highest BCUT2D eigenvalue weighted by atomic mass is 35.5. The van der Waals surface area contributed by atoms with Crippen molar-refractivity contribution >= 4 is 11.6 Å². The molecule has 14 heavy (non-hydrogen) atoms. The van der Waals surface area contributed by atoms with Crippen molar-refractivity contribution in [3.05, 3.63) is 41.4 Å². The maximum absolute atomic E-state index is 6.01. The van der Waals surface area contributed by atoms with Crippen LogP contribution in [0.2, 0.25) is 5.02 Å². The molecule has 1 atom stereocenters. The minimum atomic E-state index is 0.472. The molecule has 1 nitrogen and oxygen atoms in total. The van der Waals surface area contributed by atoms with Gasteiger partial charge in [0.05, 0.1) is 12.1 Å². The Bertz CT molecular complexity index is 320. The van der Waals surface area contributed by atoms with Crippen LogP contribution in [0, 0.1) is 5.92 Å². The van der Waals surface area contributed by atoms with Crippen LogP contribution in [-0.2, 0) is 6.42 Å². The third-order valence-corrected chi connectivity index (χ3v) is 2.47. The first-order chi connectivity index (χ1) is 6.67. The maximum atomic E-state index is 6.01. The maximum Gasteiger partial charge on any atom is 0.137 e. The fourth-order valence-electron chi connectivity index (χ4n) is 1.29. The first kappa shape index (κ1) is 11.1. The first-order valence-corrected chi connectivity index (χ1v) is 5.00. The summed E-state index contributed by atoms with van der Waals surface area (Å²) in [4.78, 5) is 0. The highest BCUT2D eigenvalue weighted by Gasteiger charge is 2.03. The third-order valence-electron chi connectivity index (χ3n) is 2.18. The number of hydrogen-bond acceptors (Lipinski definition) is 1. The number of benzene rings is 1. The van der Waals surface area contributed by atoms with E-state index < -0.39 is 0 Å². The Labute approximate surface area is 90.3 Å². The van der Waals surface area contributed by atoms with Gasteiger partial charge in [-0.1, -0.05) is 30.7 Å². The van der Waals surface area contributed by atoms with E-state index in [4.69, 9.17) is 16.3 Å². The van der Waals surface area contributed by atoms with E-state index in [1.54, 1.807) is 7.11 Å². The van der Waals surface area contributed by atoms with E-state index in [1.165, 1.54) is 5.56 Å². The molecule has 0 fully saturated rings. The van der Waals surface area contributed by atoms with Gasteiger partial charge in [-0.05, 0) is 30.0 Å². The Kier molecular flexibility index (Phi) is 4.02. The van der Waals surface area contributed by atoms with Gasteiger partial charge in [0.15, 0.2) is 0 Å². The first-order valence-electron chi connectivity index (χ1n) is 4.62. The summed E-state index contributed by atoms with van der Waals surface area (Å²) in [5.41, 5.74) is 1.21. The summed E-state index contributed by atoms with van der Waals surface area (Å²) in [6, 6.07) is 5.87. The summed E-state index contributed by atoms with van der Waals surface area (Å²) in [6.07, 6.45) is 2.91. The number of ether oxygens (including phenoxy) is 1. The zero-order chi connectivity index (χ0) is 10.6. The highest BCUT2D eigenvalue weighted by Crippen LogP contribution is 2.25. The van der Waals surface area contributed by atoms with E-state index in [0.717, 1.165) is 12.2 Å². The van der Waals surface area contributed by atoms with Crippen LogP contribution in [-0.4, -0.2) is 7.11 Å². The van der Waals surface area contributed by atoms with Crippen molar-refractivity contribution in [2.45, 2.75) is 13.3 Å². The van der Waals surface area contributed by atoms with Crippen LogP contribution in [0.15, 0.2) is 30.9 Å². The van der Waals surface area contributed by atoms with Gasteiger partial charge in [-0.3, -0.25) is 0 Å². The molecule has 1 rings (SSSR count). The van der Waals surface area contributed by atoms with E-state index in [1.807, 2.05) is 24.3 Å². The summed E-state index contributed by atoms with van der Waals surface area (Å²) in [7, 11) is 1.62. The number of methoxy groups -OCH3 is 1. The highest BCUT2D eigenvalue weighted by molar-refractivity contribution is 6.32. The van der Waals surface area contributed by atoms with Gasteiger partial charge in [0.25, 0.3) is 0 Å².